The summed E-state index contributed by atoms with van der Waals surface area (Å²) in [5.74, 6) is 0. The van der Waals surface area contributed by atoms with Crippen molar-refractivity contribution >= 4 is 71.6 Å². The summed E-state index contributed by atoms with van der Waals surface area (Å²) in [5.41, 5.74) is 13.1. The van der Waals surface area contributed by atoms with Gasteiger partial charge in [0.2, 0.25) is 0 Å². The Morgan fingerprint density at radius 1 is 0.327 bits per heavy atom. The Bertz CT molecular complexity index is 3190. The van der Waals surface area contributed by atoms with Crippen molar-refractivity contribution in [3.05, 3.63) is 206 Å². The van der Waals surface area contributed by atoms with Gasteiger partial charge in [0.1, 0.15) is 11.2 Å². The number of anilines is 3. The molecule has 2 aromatic heterocycles. The zero-order valence-electron chi connectivity index (χ0n) is 29.9. The number of hydrogen-bond donors (Lipinski definition) is 0. The van der Waals surface area contributed by atoms with E-state index in [2.05, 4.69) is 204 Å². The summed E-state index contributed by atoms with van der Waals surface area (Å²) in [7, 11) is 0. The van der Waals surface area contributed by atoms with E-state index in [4.69, 9.17) is 4.42 Å². The van der Waals surface area contributed by atoms with Crippen molar-refractivity contribution in [2.24, 2.45) is 0 Å². The second kappa shape index (κ2) is 12.6. The number of furan rings is 1. The Balaban J connectivity index is 1.08. The van der Waals surface area contributed by atoms with E-state index in [0.29, 0.717) is 0 Å². The van der Waals surface area contributed by atoms with Gasteiger partial charge in [-0.2, -0.15) is 0 Å². The molecule has 9 aromatic carbocycles. The van der Waals surface area contributed by atoms with E-state index >= 15 is 0 Å². The fourth-order valence-corrected chi connectivity index (χ4v) is 8.30. The number of aromatic nitrogens is 1. The lowest BCUT2D eigenvalue weighted by Crippen LogP contribution is -2.10. The van der Waals surface area contributed by atoms with Crippen molar-refractivity contribution in [3.8, 4) is 27.9 Å². The van der Waals surface area contributed by atoms with Crippen molar-refractivity contribution in [2.45, 2.75) is 0 Å². The number of benzene rings is 9. The third-order valence-corrected chi connectivity index (χ3v) is 10.9. The molecule has 55 heavy (non-hydrogen) atoms. The molecule has 0 aliphatic carbocycles. The van der Waals surface area contributed by atoms with Crippen LogP contribution in [0.15, 0.2) is 211 Å². The maximum absolute atomic E-state index is 6.39. The standard InChI is InChI=1S/C52H34N2O/c1-3-12-35(13-4-1)36-22-25-42(26-23-36)53(44-27-29-47-46-20-9-10-21-51(46)55-52(47)34-44)43-19-11-16-37(30-43)40-24-28-45-48-31-38-14-7-8-15-39(38)32-50(48)54(49(45)33-40)41-17-5-2-6-18-41/h1-34H. The molecule has 0 aliphatic heterocycles. The number of nitrogens with zero attached hydrogens (tertiary/aromatic N) is 2. The van der Waals surface area contributed by atoms with E-state index < -0.39 is 0 Å². The van der Waals surface area contributed by atoms with Crippen LogP contribution in [0.3, 0.4) is 0 Å². The van der Waals surface area contributed by atoms with Gasteiger partial charge in [-0.3, -0.25) is 0 Å². The van der Waals surface area contributed by atoms with Crippen molar-refractivity contribution < 1.29 is 4.42 Å². The van der Waals surface area contributed by atoms with E-state index in [1.165, 1.54) is 43.7 Å². The highest BCUT2D eigenvalue weighted by molar-refractivity contribution is 6.14. The van der Waals surface area contributed by atoms with Gasteiger partial charge in [0.25, 0.3) is 0 Å². The molecule has 2 heterocycles. The van der Waals surface area contributed by atoms with Crippen LogP contribution in [-0.2, 0) is 0 Å². The van der Waals surface area contributed by atoms with Gasteiger partial charge in [0.05, 0.1) is 11.0 Å². The topological polar surface area (TPSA) is 21.3 Å². The molecular weight excluding hydrogens is 669 g/mol. The third-order valence-electron chi connectivity index (χ3n) is 10.9. The first-order chi connectivity index (χ1) is 27.2. The predicted molar refractivity (Wildman–Crippen MR) is 231 cm³/mol. The average Bonchev–Trinajstić information content (AvgIpc) is 3.78. The van der Waals surface area contributed by atoms with Gasteiger partial charge in [0, 0.05) is 50.4 Å². The second-order valence-electron chi connectivity index (χ2n) is 14.2. The van der Waals surface area contributed by atoms with Gasteiger partial charge in [-0.1, -0.05) is 127 Å². The summed E-state index contributed by atoms with van der Waals surface area (Å²) in [6.07, 6.45) is 0. The molecular formula is C52H34N2O. The molecule has 0 aliphatic rings. The molecule has 258 valence electrons. The zero-order chi connectivity index (χ0) is 36.3. The highest BCUT2D eigenvalue weighted by atomic mass is 16.3. The minimum Gasteiger partial charge on any atom is -0.456 e. The summed E-state index contributed by atoms with van der Waals surface area (Å²) in [4.78, 5) is 2.33. The molecule has 0 amide bonds. The van der Waals surface area contributed by atoms with E-state index in [0.717, 1.165) is 55.8 Å². The SMILES string of the molecule is c1ccc(-c2ccc(N(c3cccc(-c4ccc5c6cc7ccccc7cc6n(-c6ccccc6)c5c4)c3)c3ccc4c(c3)oc3ccccc34)cc2)cc1. The summed E-state index contributed by atoms with van der Waals surface area (Å²) < 4.78 is 8.80. The molecule has 3 heteroatoms. The van der Waals surface area contributed by atoms with Gasteiger partial charge in [-0.15, -0.1) is 0 Å². The number of hydrogen-bond acceptors (Lipinski definition) is 2. The monoisotopic (exact) mass is 702 g/mol. The first-order valence-corrected chi connectivity index (χ1v) is 18.7. The predicted octanol–water partition coefficient (Wildman–Crippen LogP) is 14.6. The van der Waals surface area contributed by atoms with E-state index in [-0.39, 0.29) is 0 Å². The Hall–Kier alpha value is -7.36. The van der Waals surface area contributed by atoms with E-state index in [1.807, 2.05) is 12.1 Å². The van der Waals surface area contributed by atoms with Crippen LogP contribution < -0.4 is 4.90 Å². The summed E-state index contributed by atoms with van der Waals surface area (Å²) >= 11 is 0. The van der Waals surface area contributed by atoms with Crippen LogP contribution in [0.25, 0.3) is 82.5 Å². The molecule has 0 saturated heterocycles. The maximum Gasteiger partial charge on any atom is 0.137 e. The molecule has 0 saturated carbocycles. The van der Waals surface area contributed by atoms with Crippen LogP contribution in [0.4, 0.5) is 17.1 Å². The normalized spacial score (nSPS) is 11.6. The van der Waals surface area contributed by atoms with Crippen LogP contribution >= 0.6 is 0 Å². The zero-order valence-corrected chi connectivity index (χ0v) is 29.9. The Labute approximate surface area is 318 Å². The molecule has 0 bridgehead atoms. The van der Waals surface area contributed by atoms with Crippen molar-refractivity contribution in [2.75, 3.05) is 4.90 Å². The third kappa shape index (κ3) is 5.28. The molecule has 0 radical (unpaired) electrons. The molecule has 3 nitrogen and oxygen atoms in total. The largest absolute Gasteiger partial charge is 0.456 e. The quantitative estimate of drug-likeness (QED) is 0.172. The van der Waals surface area contributed by atoms with Gasteiger partial charge in [-0.05, 0) is 106 Å². The van der Waals surface area contributed by atoms with Crippen LogP contribution in [-0.4, -0.2) is 4.57 Å². The van der Waals surface area contributed by atoms with Gasteiger partial charge in [-0.25, -0.2) is 0 Å². The minimum absolute atomic E-state index is 0.868. The number of rotatable bonds is 6. The molecule has 0 fully saturated rings. The fourth-order valence-electron chi connectivity index (χ4n) is 8.30. The summed E-state index contributed by atoms with van der Waals surface area (Å²) in [5, 5.41) is 7.22. The molecule has 0 N–H and O–H groups in total. The van der Waals surface area contributed by atoms with Crippen LogP contribution in [0.5, 0.6) is 0 Å². The van der Waals surface area contributed by atoms with Gasteiger partial charge >= 0.3 is 0 Å². The molecule has 0 spiro atoms. The Morgan fingerprint density at radius 3 is 1.75 bits per heavy atom. The average molecular weight is 703 g/mol. The second-order valence-corrected chi connectivity index (χ2v) is 14.2. The highest BCUT2D eigenvalue weighted by Crippen LogP contribution is 2.42. The molecule has 11 rings (SSSR count). The van der Waals surface area contributed by atoms with Gasteiger partial charge in [0.15, 0.2) is 0 Å². The lowest BCUT2D eigenvalue weighted by Gasteiger charge is -2.26. The van der Waals surface area contributed by atoms with Crippen LogP contribution in [0, 0.1) is 0 Å². The first kappa shape index (κ1) is 31.2. The lowest BCUT2D eigenvalue weighted by atomic mass is 10.0. The first-order valence-electron chi connectivity index (χ1n) is 18.7. The molecule has 11 aromatic rings. The Kier molecular flexibility index (Phi) is 7.17. The highest BCUT2D eigenvalue weighted by Gasteiger charge is 2.18. The van der Waals surface area contributed by atoms with Crippen molar-refractivity contribution in [3.63, 3.8) is 0 Å². The van der Waals surface area contributed by atoms with E-state index in [1.54, 1.807) is 0 Å². The van der Waals surface area contributed by atoms with Gasteiger partial charge < -0.3 is 13.9 Å². The van der Waals surface area contributed by atoms with E-state index in [9.17, 15) is 0 Å². The number of para-hydroxylation sites is 2. The summed E-state index contributed by atoms with van der Waals surface area (Å²) in [6.45, 7) is 0. The molecule has 0 unspecified atom stereocenters. The van der Waals surface area contributed by atoms with Crippen LogP contribution in [0.2, 0.25) is 0 Å². The maximum atomic E-state index is 6.39. The number of fused-ring (bicyclic) bond motifs is 7. The van der Waals surface area contributed by atoms with Crippen molar-refractivity contribution in [1.82, 2.24) is 4.57 Å². The van der Waals surface area contributed by atoms with Crippen LogP contribution in [0.1, 0.15) is 0 Å². The minimum atomic E-state index is 0.868. The Morgan fingerprint density at radius 2 is 0.909 bits per heavy atom. The fraction of sp³-hybridized carbons (Fsp3) is 0. The van der Waals surface area contributed by atoms with Crippen molar-refractivity contribution in [1.29, 1.82) is 0 Å². The summed E-state index contributed by atoms with van der Waals surface area (Å²) in [6, 6.07) is 74.0. The smallest absolute Gasteiger partial charge is 0.137 e. The lowest BCUT2D eigenvalue weighted by molar-refractivity contribution is 0.669. The molecule has 0 atom stereocenters.